The van der Waals surface area contributed by atoms with Crippen molar-refractivity contribution in [2.75, 3.05) is 13.4 Å². The second-order valence-corrected chi connectivity index (χ2v) is 5.87. The standard InChI is InChI=1S/C17H13BrO5/c18-13-4-1-11(2-5-13)7-17(20)21-9-14(19)12-3-6-15-16(8-12)23-10-22-15/h1-6,8H,7,9-10H2. The Morgan fingerprint density at radius 2 is 1.78 bits per heavy atom. The lowest BCUT2D eigenvalue weighted by molar-refractivity contribution is -0.141. The lowest BCUT2D eigenvalue weighted by Gasteiger charge is -2.05. The van der Waals surface area contributed by atoms with Crippen LogP contribution in [0.5, 0.6) is 11.5 Å². The molecule has 0 atom stereocenters. The number of ether oxygens (including phenoxy) is 3. The summed E-state index contributed by atoms with van der Waals surface area (Å²) in [7, 11) is 0. The summed E-state index contributed by atoms with van der Waals surface area (Å²) >= 11 is 3.33. The molecule has 0 saturated heterocycles. The van der Waals surface area contributed by atoms with E-state index in [0.717, 1.165) is 10.0 Å². The van der Waals surface area contributed by atoms with E-state index in [9.17, 15) is 9.59 Å². The van der Waals surface area contributed by atoms with Gasteiger partial charge in [0.05, 0.1) is 6.42 Å². The molecule has 0 spiro atoms. The van der Waals surface area contributed by atoms with Crippen LogP contribution in [0.15, 0.2) is 46.9 Å². The van der Waals surface area contributed by atoms with Crippen molar-refractivity contribution in [3.8, 4) is 11.5 Å². The van der Waals surface area contributed by atoms with Gasteiger partial charge in [-0.3, -0.25) is 9.59 Å². The van der Waals surface area contributed by atoms with Gasteiger partial charge in [0.2, 0.25) is 6.79 Å². The van der Waals surface area contributed by atoms with Crippen LogP contribution in [0.1, 0.15) is 15.9 Å². The summed E-state index contributed by atoms with van der Waals surface area (Å²) in [5.41, 5.74) is 1.25. The molecular weight excluding hydrogens is 364 g/mol. The molecular formula is C17H13BrO5. The van der Waals surface area contributed by atoms with E-state index < -0.39 is 5.97 Å². The molecule has 2 aromatic rings. The van der Waals surface area contributed by atoms with Crippen LogP contribution >= 0.6 is 15.9 Å². The molecule has 0 unspecified atom stereocenters. The number of halogens is 1. The predicted octanol–water partition coefficient (Wildman–Crippen LogP) is 3.15. The summed E-state index contributed by atoms with van der Waals surface area (Å²) < 4.78 is 16.4. The Morgan fingerprint density at radius 1 is 1.04 bits per heavy atom. The Hall–Kier alpha value is -2.34. The number of esters is 1. The molecule has 1 heterocycles. The van der Waals surface area contributed by atoms with E-state index in [1.807, 2.05) is 24.3 Å². The second-order valence-electron chi connectivity index (χ2n) is 4.96. The van der Waals surface area contributed by atoms with Gasteiger partial charge in [0.15, 0.2) is 23.9 Å². The van der Waals surface area contributed by atoms with Gasteiger partial charge in [-0.1, -0.05) is 28.1 Å². The maximum absolute atomic E-state index is 12.1. The summed E-state index contributed by atoms with van der Waals surface area (Å²) in [6.45, 7) is -0.149. The Morgan fingerprint density at radius 3 is 2.57 bits per heavy atom. The summed E-state index contributed by atoms with van der Waals surface area (Å²) in [4.78, 5) is 23.9. The van der Waals surface area contributed by atoms with Crippen LogP contribution in [0.3, 0.4) is 0 Å². The Balaban J connectivity index is 1.54. The average Bonchev–Trinajstić information content (AvgIpc) is 3.02. The van der Waals surface area contributed by atoms with E-state index in [1.165, 1.54) is 0 Å². The van der Waals surface area contributed by atoms with Crippen molar-refractivity contribution < 1.29 is 23.8 Å². The zero-order chi connectivity index (χ0) is 16.2. The molecule has 1 aliphatic rings. The van der Waals surface area contributed by atoms with Crippen LogP contribution in [-0.2, 0) is 16.0 Å². The van der Waals surface area contributed by atoms with Crippen LogP contribution < -0.4 is 9.47 Å². The van der Waals surface area contributed by atoms with E-state index in [-0.39, 0.29) is 25.6 Å². The maximum Gasteiger partial charge on any atom is 0.310 e. The molecule has 118 valence electrons. The molecule has 5 nitrogen and oxygen atoms in total. The van der Waals surface area contributed by atoms with Gasteiger partial charge in [-0.05, 0) is 35.9 Å². The first-order chi connectivity index (χ1) is 11.1. The van der Waals surface area contributed by atoms with Crippen molar-refractivity contribution >= 4 is 27.7 Å². The molecule has 1 aliphatic heterocycles. The molecule has 0 aromatic heterocycles. The number of hydrogen-bond acceptors (Lipinski definition) is 5. The molecule has 0 fully saturated rings. The molecule has 6 heteroatoms. The zero-order valence-corrected chi connectivity index (χ0v) is 13.7. The van der Waals surface area contributed by atoms with Crippen LogP contribution in [-0.4, -0.2) is 25.2 Å². The van der Waals surface area contributed by atoms with Crippen molar-refractivity contribution in [2.24, 2.45) is 0 Å². The fraction of sp³-hybridized carbons (Fsp3) is 0.176. The summed E-state index contributed by atoms with van der Waals surface area (Å²) in [5.74, 6) is 0.402. The molecule has 0 amide bonds. The number of fused-ring (bicyclic) bond motifs is 1. The highest BCUT2D eigenvalue weighted by Crippen LogP contribution is 2.32. The third-order valence-corrected chi connectivity index (χ3v) is 3.85. The summed E-state index contributed by atoms with van der Waals surface area (Å²) in [6.07, 6.45) is 0.127. The minimum absolute atomic E-state index is 0.127. The van der Waals surface area contributed by atoms with E-state index in [2.05, 4.69) is 15.9 Å². The van der Waals surface area contributed by atoms with Gasteiger partial charge in [-0.2, -0.15) is 0 Å². The largest absolute Gasteiger partial charge is 0.457 e. The number of benzene rings is 2. The van der Waals surface area contributed by atoms with Crippen molar-refractivity contribution in [3.63, 3.8) is 0 Å². The van der Waals surface area contributed by atoms with Crippen LogP contribution in [0.25, 0.3) is 0 Å². The molecule has 23 heavy (non-hydrogen) atoms. The summed E-state index contributed by atoms with van der Waals surface area (Å²) in [5, 5.41) is 0. The highest BCUT2D eigenvalue weighted by Gasteiger charge is 2.17. The minimum atomic E-state index is -0.443. The lowest BCUT2D eigenvalue weighted by atomic mass is 10.1. The van der Waals surface area contributed by atoms with Gasteiger partial charge >= 0.3 is 5.97 Å². The van der Waals surface area contributed by atoms with E-state index in [0.29, 0.717) is 17.1 Å². The highest BCUT2D eigenvalue weighted by molar-refractivity contribution is 9.10. The van der Waals surface area contributed by atoms with Gasteiger partial charge in [0.25, 0.3) is 0 Å². The van der Waals surface area contributed by atoms with E-state index in [4.69, 9.17) is 14.2 Å². The first-order valence-corrected chi connectivity index (χ1v) is 7.74. The first-order valence-electron chi connectivity index (χ1n) is 6.95. The van der Waals surface area contributed by atoms with Crippen molar-refractivity contribution in [3.05, 3.63) is 58.1 Å². The van der Waals surface area contributed by atoms with Gasteiger partial charge in [0.1, 0.15) is 0 Å². The SMILES string of the molecule is O=C(Cc1ccc(Br)cc1)OCC(=O)c1ccc2c(c1)OCO2. The number of ketones is 1. The molecule has 0 aliphatic carbocycles. The minimum Gasteiger partial charge on any atom is -0.457 e. The normalized spacial score (nSPS) is 12.0. The lowest BCUT2D eigenvalue weighted by Crippen LogP contribution is -2.15. The van der Waals surface area contributed by atoms with Crippen LogP contribution in [0.4, 0.5) is 0 Å². The Bertz CT molecular complexity index is 739. The summed E-state index contributed by atoms with van der Waals surface area (Å²) in [6, 6.07) is 12.2. The highest BCUT2D eigenvalue weighted by atomic mass is 79.9. The fourth-order valence-electron chi connectivity index (χ4n) is 2.12. The first kappa shape index (κ1) is 15.6. The molecule has 0 radical (unpaired) electrons. The number of hydrogen-bond donors (Lipinski definition) is 0. The number of carbonyl (C=O) groups excluding carboxylic acids is 2. The molecule has 3 rings (SSSR count). The third-order valence-electron chi connectivity index (χ3n) is 3.32. The fourth-order valence-corrected chi connectivity index (χ4v) is 2.38. The average molecular weight is 377 g/mol. The number of carbonyl (C=O) groups is 2. The maximum atomic E-state index is 12.1. The molecule has 0 N–H and O–H groups in total. The quantitative estimate of drug-likeness (QED) is 0.592. The van der Waals surface area contributed by atoms with Gasteiger partial charge in [0, 0.05) is 10.0 Å². The van der Waals surface area contributed by atoms with E-state index >= 15 is 0 Å². The molecule has 0 bridgehead atoms. The zero-order valence-electron chi connectivity index (χ0n) is 12.1. The predicted molar refractivity (Wildman–Crippen MR) is 85.7 cm³/mol. The van der Waals surface area contributed by atoms with Gasteiger partial charge in [-0.15, -0.1) is 0 Å². The third kappa shape index (κ3) is 3.90. The molecule has 0 saturated carbocycles. The van der Waals surface area contributed by atoms with Crippen molar-refractivity contribution in [2.45, 2.75) is 6.42 Å². The van der Waals surface area contributed by atoms with E-state index in [1.54, 1.807) is 18.2 Å². The number of Topliss-reactive ketones (excluding diaryl/α,β-unsaturated/α-hetero) is 1. The van der Waals surface area contributed by atoms with Crippen LogP contribution in [0, 0.1) is 0 Å². The van der Waals surface area contributed by atoms with Gasteiger partial charge < -0.3 is 14.2 Å². The second kappa shape index (κ2) is 6.83. The van der Waals surface area contributed by atoms with Crippen LogP contribution in [0.2, 0.25) is 0 Å². The van der Waals surface area contributed by atoms with Gasteiger partial charge in [-0.25, -0.2) is 0 Å². The molecule has 2 aromatic carbocycles. The topological polar surface area (TPSA) is 61.8 Å². The number of rotatable bonds is 5. The smallest absolute Gasteiger partial charge is 0.310 e. The Labute approximate surface area is 141 Å². The Kier molecular flexibility index (Phi) is 4.62. The van der Waals surface area contributed by atoms with Crippen molar-refractivity contribution in [1.29, 1.82) is 0 Å². The monoisotopic (exact) mass is 376 g/mol. The van der Waals surface area contributed by atoms with Crippen molar-refractivity contribution in [1.82, 2.24) is 0 Å².